The Kier molecular flexibility index (Phi) is 5.73. The van der Waals surface area contributed by atoms with Crippen LogP contribution in [0.25, 0.3) is 0 Å². The highest BCUT2D eigenvalue weighted by Gasteiger charge is 2.27. The van der Waals surface area contributed by atoms with E-state index < -0.39 is 0 Å². The minimum atomic E-state index is 0.589. The molecule has 1 N–H and O–H groups in total. The molecule has 0 bridgehead atoms. The molecule has 1 fully saturated rings. The number of likely N-dealkylation sites (N-methyl/N-ethyl adjacent to an activating group) is 1. The summed E-state index contributed by atoms with van der Waals surface area (Å²) in [5.74, 6) is 0. The Balaban J connectivity index is 2.42. The SMILES string of the molecule is CCCNC(C)C(C)N1CCN(C)CC1C. The average molecular weight is 227 g/mol. The van der Waals surface area contributed by atoms with Gasteiger partial charge in [0.05, 0.1) is 0 Å². The van der Waals surface area contributed by atoms with Gasteiger partial charge >= 0.3 is 0 Å². The molecule has 0 radical (unpaired) electrons. The minimum Gasteiger partial charge on any atom is -0.313 e. The van der Waals surface area contributed by atoms with E-state index in [-0.39, 0.29) is 0 Å². The zero-order valence-electron chi connectivity index (χ0n) is 11.7. The summed E-state index contributed by atoms with van der Waals surface area (Å²) in [6, 6.07) is 1.90. The maximum atomic E-state index is 3.61. The summed E-state index contributed by atoms with van der Waals surface area (Å²) in [5.41, 5.74) is 0. The van der Waals surface area contributed by atoms with E-state index in [4.69, 9.17) is 0 Å². The summed E-state index contributed by atoms with van der Waals surface area (Å²) < 4.78 is 0. The molecule has 1 aliphatic heterocycles. The third-order valence-corrected chi connectivity index (χ3v) is 3.85. The molecular formula is C13H29N3. The number of hydrogen-bond donors (Lipinski definition) is 1. The number of nitrogens with zero attached hydrogens (tertiary/aromatic N) is 2. The van der Waals surface area contributed by atoms with Crippen LogP contribution in [0.5, 0.6) is 0 Å². The predicted molar refractivity (Wildman–Crippen MR) is 70.9 cm³/mol. The maximum absolute atomic E-state index is 3.61. The van der Waals surface area contributed by atoms with E-state index in [0.717, 1.165) is 6.54 Å². The van der Waals surface area contributed by atoms with Crippen molar-refractivity contribution in [2.45, 2.75) is 52.2 Å². The summed E-state index contributed by atoms with van der Waals surface area (Å²) in [5, 5.41) is 3.61. The average Bonchev–Trinajstić information content (AvgIpc) is 2.25. The summed E-state index contributed by atoms with van der Waals surface area (Å²) in [4.78, 5) is 5.07. The van der Waals surface area contributed by atoms with Gasteiger partial charge in [-0.05, 0) is 40.8 Å². The first-order chi connectivity index (χ1) is 7.56. The molecule has 0 saturated carbocycles. The summed E-state index contributed by atoms with van der Waals surface area (Å²) in [7, 11) is 2.22. The maximum Gasteiger partial charge on any atom is 0.0222 e. The van der Waals surface area contributed by atoms with Crippen molar-refractivity contribution in [2.24, 2.45) is 0 Å². The van der Waals surface area contributed by atoms with Crippen molar-refractivity contribution < 1.29 is 0 Å². The van der Waals surface area contributed by atoms with E-state index in [9.17, 15) is 0 Å². The van der Waals surface area contributed by atoms with Crippen LogP contribution in [0.2, 0.25) is 0 Å². The van der Waals surface area contributed by atoms with E-state index in [1.165, 1.54) is 26.1 Å². The van der Waals surface area contributed by atoms with E-state index in [1.807, 2.05) is 0 Å². The van der Waals surface area contributed by atoms with Crippen LogP contribution in [0, 0.1) is 0 Å². The van der Waals surface area contributed by atoms with Crippen LogP contribution in [0.15, 0.2) is 0 Å². The lowest BCUT2D eigenvalue weighted by atomic mass is 10.1. The number of hydrogen-bond acceptors (Lipinski definition) is 3. The smallest absolute Gasteiger partial charge is 0.0222 e. The number of nitrogens with one attached hydrogen (secondary N) is 1. The molecule has 3 unspecified atom stereocenters. The molecule has 3 atom stereocenters. The van der Waals surface area contributed by atoms with Gasteiger partial charge in [0.2, 0.25) is 0 Å². The van der Waals surface area contributed by atoms with Crippen molar-refractivity contribution in [3.8, 4) is 0 Å². The predicted octanol–water partition coefficient (Wildman–Crippen LogP) is 1.40. The molecule has 3 nitrogen and oxygen atoms in total. The van der Waals surface area contributed by atoms with Crippen LogP contribution in [-0.4, -0.2) is 61.2 Å². The minimum absolute atomic E-state index is 0.589. The largest absolute Gasteiger partial charge is 0.313 e. The standard InChI is InChI=1S/C13H29N3/c1-6-7-14-12(3)13(4)16-9-8-15(5)10-11(16)2/h11-14H,6-10H2,1-5H3. The first-order valence-electron chi connectivity index (χ1n) is 6.74. The number of piperazine rings is 1. The summed E-state index contributed by atoms with van der Waals surface area (Å²) in [6.07, 6.45) is 1.22. The van der Waals surface area contributed by atoms with E-state index >= 15 is 0 Å². The van der Waals surface area contributed by atoms with Gasteiger partial charge in [-0.1, -0.05) is 6.92 Å². The van der Waals surface area contributed by atoms with Crippen molar-refractivity contribution in [1.29, 1.82) is 0 Å². The lowest BCUT2D eigenvalue weighted by molar-refractivity contribution is 0.0548. The van der Waals surface area contributed by atoms with Crippen molar-refractivity contribution in [2.75, 3.05) is 33.2 Å². The van der Waals surface area contributed by atoms with Crippen LogP contribution < -0.4 is 5.32 Å². The second-order valence-corrected chi connectivity index (χ2v) is 5.33. The molecule has 0 aliphatic carbocycles. The van der Waals surface area contributed by atoms with Gasteiger partial charge in [0, 0.05) is 37.8 Å². The van der Waals surface area contributed by atoms with Crippen LogP contribution in [-0.2, 0) is 0 Å². The molecule has 1 rings (SSSR count). The molecule has 96 valence electrons. The molecule has 0 aromatic heterocycles. The zero-order valence-corrected chi connectivity index (χ0v) is 11.7. The van der Waals surface area contributed by atoms with Crippen LogP contribution in [0.3, 0.4) is 0 Å². The molecular weight excluding hydrogens is 198 g/mol. The Morgan fingerprint density at radius 3 is 2.56 bits per heavy atom. The van der Waals surface area contributed by atoms with Gasteiger partial charge in [0.25, 0.3) is 0 Å². The number of rotatable bonds is 5. The first kappa shape index (κ1) is 13.9. The van der Waals surface area contributed by atoms with E-state index in [1.54, 1.807) is 0 Å². The third kappa shape index (κ3) is 3.72. The highest BCUT2D eigenvalue weighted by Crippen LogP contribution is 2.14. The van der Waals surface area contributed by atoms with Crippen molar-refractivity contribution in [3.63, 3.8) is 0 Å². The van der Waals surface area contributed by atoms with Gasteiger partial charge in [-0.25, -0.2) is 0 Å². The topological polar surface area (TPSA) is 18.5 Å². The molecule has 0 aromatic rings. The monoisotopic (exact) mass is 227 g/mol. The van der Waals surface area contributed by atoms with E-state index in [0.29, 0.717) is 18.1 Å². The van der Waals surface area contributed by atoms with Crippen LogP contribution in [0.4, 0.5) is 0 Å². The Morgan fingerprint density at radius 1 is 1.31 bits per heavy atom. The normalized spacial score (nSPS) is 27.9. The van der Waals surface area contributed by atoms with Gasteiger partial charge in [-0.2, -0.15) is 0 Å². The Morgan fingerprint density at radius 2 is 2.00 bits per heavy atom. The van der Waals surface area contributed by atoms with Gasteiger partial charge in [0.15, 0.2) is 0 Å². The molecule has 0 aromatic carbocycles. The highest BCUT2D eigenvalue weighted by molar-refractivity contribution is 4.85. The fourth-order valence-corrected chi connectivity index (χ4v) is 2.59. The molecule has 0 spiro atoms. The van der Waals surface area contributed by atoms with Gasteiger partial charge in [-0.3, -0.25) is 4.90 Å². The fourth-order valence-electron chi connectivity index (χ4n) is 2.59. The molecule has 3 heteroatoms. The van der Waals surface area contributed by atoms with Crippen LogP contribution >= 0.6 is 0 Å². The summed E-state index contributed by atoms with van der Waals surface area (Å²) in [6.45, 7) is 14.0. The van der Waals surface area contributed by atoms with Gasteiger partial charge in [-0.15, -0.1) is 0 Å². The molecule has 16 heavy (non-hydrogen) atoms. The molecule has 1 heterocycles. The van der Waals surface area contributed by atoms with Gasteiger partial charge in [0.1, 0.15) is 0 Å². The zero-order chi connectivity index (χ0) is 12.1. The van der Waals surface area contributed by atoms with Crippen molar-refractivity contribution in [3.05, 3.63) is 0 Å². The molecule has 0 amide bonds. The Bertz CT molecular complexity index is 196. The fraction of sp³-hybridized carbons (Fsp3) is 1.00. The second kappa shape index (κ2) is 6.58. The van der Waals surface area contributed by atoms with E-state index in [2.05, 4.69) is 49.9 Å². The quantitative estimate of drug-likeness (QED) is 0.766. The molecule has 1 saturated heterocycles. The first-order valence-corrected chi connectivity index (χ1v) is 6.74. The van der Waals surface area contributed by atoms with Crippen LogP contribution in [0.1, 0.15) is 34.1 Å². The summed E-state index contributed by atoms with van der Waals surface area (Å²) >= 11 is 0. The lowest BCUT2D eigenvalue weighted by Crippen LogP contribution is -2.58. The van der Waals surface area contributed by atoms with Gasteiger partial charge < -0.3 is 10.2 Å². The molecule has 1 aliphatic rings. The Hall–Kier alpha value is -0.120. The third-order valence-electron chi connectivity index (χ3n) is 3.85. The van der Waals surface area contributed by atoms with Crippen molar-refractivity contribution in [1.82, 2.24) is 15.1 Å². The lowest BCUT2D eigenvalue weighted by Gasteiger charge is -2.43. The Labute approximate surface area is 101 Å². The van der Waals surface area contributed by atoms with Crippen molar-refractivity contribution >= 4 is 0 Å². The second-order valence-electron chi connectivity index (χ2n) is 5.33. The highest BCUT2D eigenvalue weighted by atomic mass is 15.3.